The third-order valence-electron chi connectivity index (χ3n) is 4.23. The van der Waals surface area contributed by atoms with Crippen LogP contribution in [0, 0.1) is 0 Å². The number of rotatable bonds is 2. The Morgan fingerprint density at radius 2 is 1.52 bits per heavy atom. The van der Waals surface area contributed by atoms with Gasteiger partial charge >= 0.3 is 0 Å². The number of allylic oxidation sites excluding steroid dienone is 1. The summed E-state index contributed by atoms with van der Waals surface area (Å²) in [6.07, 6.45) is 2.11. The highest BCUT2D eigenvalue weighted by Gasteiger charge is 2.15. The molecule has 2 nitrogen and oxygen atoms in total. The Bertz CT molecular complexity index is 1040. The van der Waals surface area contributed by atoms with Gasteiger partial charge in [0.25, 0.3) is 0 Å². The van der Waals surface area contributed by atoms with Gasteiger partial charge in [-0.3, -0.25) is 0 Å². The molecule has 4 rings (SSSR count). The van der Waals surface area contributed by atoms with Crippen LogP contribution in [-0.2, 0) is 0 Å². The second-order valence-electron chi connectivity index (χ2n) is 5.57. The Morgan fingerprint density at radius 1 is 0.826 bits per heavy atom. The van der Waals surface area contributed by atoms with Crippen LogP contribution in [0.25, 0.3) is 27.5 Å². The lowest BCUT2D eigenvalue weighted by Gasteiger charge is -2.12. The summed E-state index contributed by atoms with van der Waals surface area (Å²) < 4.78 is 6.00. The molecule has 0 fully saturated rings. The third kappa shape index (κ3) is 2.11. The quantitative estimate of drug-likeness (QED) is 0.488. The molecule has 112 valence electrons. The first kappa shape index (κ1) is 13.6. The lowest BCUT2D eigenvalue weighted by atomic mass is 9.93. The van der Waals surface area contributed by atoms with Gasteiger partial charge in [0, 0.05) is 22.0 Å². The topological polar surface area (TPSA) is 39.2 Å². The number of furan rings is 1. The van der Waals surface area contributed by atoms with Crippen molar-refractivity contribution >= 4 is 33.2 Å². The fraction of sp³-hybridized carbons (Fsp3) is 0.0476. The summed E-state index contributed by atoms with van der Waals surface area (Å²) in [5, 5.41) is 2.27. The Hall–Kier alpha value is -3.00. The van der Waals surface area contributed by atoms with Crippen LogP contribution in [0.5, 0.6) is 0 Å². The second-order valence-corrected chi connectivity index (χ2v) is 5.57. The van der Waals surface area contributed by atoms with E-state index in [9.17, 15) is 0 Å². The van der Waals surface area contributed by atoms with Crippen molar-refractivity contribution in [2.45, 2.75) is 6.92 Å². The zero-order valence-corrected chi connectivity index (χ0v) is 12.9. The summed E-state index contributed by atoms with van der Waals surface area (Å²) in [5.41, 5.74) is 12.1. The van der Waals surface area contributed by atoms with Gasteiger partial charge in [0.1, 0.15) is 11.2 Å². The predicted octanol–water partition coefficient (Wildman–Crippen LogP) is 5.62. The molecule has 0 spiro atoms. The highest BCUT2D eigenvalue weighted by atomic mass is 16.3. The molecule has 0 unspecified atom stereocenters. The van der Waals surface area contributed by atoms with Gasteiger partial charge in [0.2, 0.25) is 0 Å². The molecule has 0 atom stereocenters. The van der Waals surface area contributed by atoms with Crippen molar-refractivity contribution in [2.24, 2.45) is 0 Å². The number of hydrogen-bond donors (Lipinski definition) is 1. The molecule has 0 saturated heterocycles. The Morgan fingerprint density at radius 3 is 2.35 bits per heavy atom. The van der Waals surface area contributed by atoms with Gasteiger partial charge in [0.05, 0.1) is 0 Å². The van der Waals surface area contributed by atoms with Crippen molar-refractivity contribution in [1.29, 1.82) is 0 Å². The van der Waals surface area contributed by atoms with Crippen LogP contribution in [0.4, 0.5) is 5.69 Å². The maximum absolute atomic E-state index is 6.20. The van der Waals surface area contributed by atoms with Gasteiger partial charge in [-0.05, 0) is 36.3 Å². The lowest BCUT2D eigenvalue weighted by Crippen LogP contribution is -1.95. The molecule has 0 radical (unpaired) electrons. The van der Waals surface area contributed by atoms with Gasteiger partial charge < -0.3 is 10.2 Å². The highest BCUT2D eigenvalue weighted by Crippen LogP contribution is 2.37. The van der Waals surface area contributed by atoms with E-state index in [4.69, 9.17) is 10.2 Å². The number of benzene rings is 3. The molecular weight excluding hydrogens is 282 g/mol. The largest absolute Gasteiger partial charge is 0.456 e. The van der Waals surface area contributed by atoms with Crippen LogP contribution >= 0.6 is 0 Å². The minimum Gasteiger partial charge on any atom is -0.456 e. The lowest BCUT2D eigenvalue weighted by molar-refractivity contribution is 0.669. The summed E-state index contributed by atoms with van der Waals surface area (Å²) >= 11 is 0. The Labute approximate surface area is 134 Å². The van der Waals surface area contributed by atoms with Crippen molar-refractivity contribution in [1.82, 2.24) is 0 Å². The molecule has 4 aromatic rings. The van der Waals surface area contributed by atoms with Crippen molar-refractivity contribution in [3.05, 3.63) is 83.9 Å². The molecule has 1 aromatic heterocycles. The number of nitrogen functional groups attached to an aromatic ring is 1. The maximum Gasteiger partial charge on any atom is 0.136 e. The van der Waals surface area contributed by atoms with Crippen molar-refractivity contribution in [3.63, 3.8) is 0 Å². The van der Waals surface area contributed by atoms with E-state index in [0.29, 0.717) is 0 Å². The number of fused-ring (bicyclic) bond motifs is 3. The number of para-hydroxylation sites is 2. The molecule has 1 heterocycles. The monoisotopic (exact) mass is 299 g/mol. The SMILES string of the molecule is C/C=C(/c1ccccc1N)c1cccc2oc3ccccc3c12. The summed E-state index contributed by atoms with van der Waals surface area (Å²) in [5.74, 6) is 0. The Balaban J connectivity index is 2.07. The van der Waals surface area contributed by atoms with E-state index in [1.807, 2.05) is 55.5 Å². The van der Waals surface area contributed by atoms with Crippen LogP contribution in [0.3, 0.4) is 0 Å². The first-order chi connectivity index (χ1) is 11.3. The molecule has 0 aliphatic carbocycles. The summed E-state index contributed by atoms with van der Waals surface area (Å²) in [7, 11) is 0. The van der Waals surface area contributed by atoms with E-state index in [2.05, 4.69) is 24.3 Å². The van der Waals surface area contributed by atoms with Crippen LogP contribution in [-0.4, -0.2) is 0 Å². The van der Waals surface area contributed by atoms with Gasteiger partial charge in [0.15, 0.2) is 0 Å². The second kappa shape index (κ2) is 5.33. The summed E-state index contributed by atoms with van der Waals surface area (Å²) in [4.78, 5) is 0. The molecule has 0 amide bonds. The van der Waals surface area contributed by atoms with Gasteiger partial charge in [-0.25, -0.2) is 0 Å². The molecular formula is C21H17NO. The maximum atomic E-state index is 6.20. The average Bonchev–Trinajstić information content (AvgIpc) is 2.96. The smallest absolute Gasteiger partial charge is 0.136 e. The minimum absolute atomic E-state index is 0.783. The van der Waals surface area contributed by atoms with Crippen molar-refractivity contribution in [2.75, 3.05) is 5.73 Å². The number of hydrogen-bond acceptors (Lipinski definition) is 2. The number of anilines is 1. The molecule has 0 saturated carbocycles. The first-order valence-electron chi connectivity index (χ1n) is 7.71. The highest BCUT2D eigenvalue weighted by molar-refractivity contribution is 6.11. The molecule has 0 aliphatic rings. The van der Waals surface area contributed by atoms with Crippen molar-refractivity contribution < 1.29 is 4.42 Å². The van der Waals surface area contributed by atoms with Crippen LogP contribution in [0.2, 0.25) is 0 Å². The zero-order chi connectivity index (χ0) is 15.8. The summed E-state index contributed by atoms with van der Waals surface area (Å²) in [6, 6.07) is 22.3. The van der Waals surface area contributed by atoms with Crippen LogP contribution in [0.1, 0.15) is 18.1 Å². The van der Waals surface area contributed by atoms with Crippen LogP contribution < -0.4 is 5.73 Å². The Kier molecular flexibility index (Phi) is 3.16. The van der Waals surface area contributed by atoms with E-state index in [0.717, 1.165) is 44.3 Å². The van der Waals surface area contributed by atoms with Gasteiger partial charge in [-0.15, -0.1) is 0 Å². The van der Waals surface area contributed by atoms with E-state index in [1.165, 1.54) is 0 Å². The molecule has 3 aromatic carbocycles. The predicted molar refractivity (Wildman–Crippen MR) is 97.3 cm³/mol. The molecule has 2 heteroatoms. The standard InChI is InChI=1S/C21H17NO/c1-2-14(15-8-3-5-11-18(15)22)16-10-7-13-20-21(16)17-9-4-6-12-19(17)23-20/h2-13H,22H2,1H3/b14-2-. The molecule has 23 heavy (non-hydrogen) atoms. The average molecular weight is 299 g/mol. The molecule has 2 N–H and O–H groups in total. The normalized spacial score (nSPS) is 12.1. The fourth-order valence-electron chi connectivity index (χ4n) is 3.20. The zero-order valence-electron chi connectivity index (χ0n) is 12.9. The first-order valence-corrected chi connectivity index (χ1v) is 7.71. The third-order valence-corrected chi connectivity index (χ3v) is 4.23. The van der Waals surface area contributed by atoms with E-state index >= 15 is 0 Å². The molecule has 0 aliphatic heterocycles. The summed E-state index contributed by atoms with van der Waals surface area (Å²) in [6.45, 7) is 2.04. The van der Waals surface area contributed by atoms with E-state index in [-0.39, 0.29) is 0 Å². The molecule has 0 bridgehead atoms. The fourth-order valence-corrected chi connectivity index (χ4v) is 3.20. The van der Waals surface area contributed by atoms with E-state index < -0.39 is 0 Å². The van der Waals surface area contributed by atoms with Gasteiger partial charge in [-0.2, -0.15) is 0 Å². The number of nitrogens with two attached hydrogens (primary N) is 1. The van der Waals surface area contributed by atoms with E-state index in [1.54, 1.807) is 0 Å². The van der Waals surface area contributed by atoms with Crippen molar-refractivity contribution in [3.8, 4) is 0 Å². The van der Waals surface area contributed by atoms with Crippen LogP contribution in [0.15, 0.2) is 77.2 Å². The van der Waals surface area contributed by atoms with Gasteiger partial charge in [-0.1, -0.05) is 54.6 Å². The minimum atomic E-state index is 0.783.